The molecule has 1 aliphatic rings. The molecule has 1 saturated heterocycles. The number of rotatable bonds is 6. The van der Waals surface area contributed by atoms with Crippen LogP contribution in [-0.2, 0) is 17.9 Å². The molecular formula is C13H20N6O2. The second kappa shape index (κ2) is 6.31. The highest BCUT2D eigenvalue weighted by atomic mass is 16.5. The first-order chi connectivity index (χ1) is 10.2. The van der Waals surface area contributed by atoms with Gasteiger partial charge in [0, 0.05) is 0 Å². The molecule has 0 radical (unpaired) electrons. The van der Waals surface area contributed by atoms with Crippen LogP contribution in [0.5, 0.6) is 0 Å². The van der Waals surface area contributed by atoms with Gasteiger partial charge < -0.3 is 9.26 Å². The van der Waals surface area contributed by atoms with Gasteiger partial charge in [0.05, 0.1) is 18.7 Å². The Balaban J connectivity index is 1.61. The molecule has 0 aliphatic carbocycles. The highest BCUT2D eigenvalue weighted by Crippen LogP contribution is 2.30. The zero-order chi connectivity index (χ0) is 14.7. The number of aromatic nitrogens is 5. The van der Waals surface area contributed by atoms with Gasteiger partial charge in [-0.2, -0.15) is 10.1 Å². The van der Waals surface area contributed by atoms with E-state index in [1.54, 1.807) is 6.33 Å². The minimum absolute atomic E-state index is 0.154. The molecule has 3 heterocycles. The van der Waals surface area contributed by atoms with E-state index in [1.807, 2.05) is 13.8 Å². The molecule has 1 fully saturated rings. The van der Waals surface area contributed by atoms with Crippen molar-refractivity contribution in [3.05, 3.63) is 23.9 Å². The summed E-state index contributed by atoms with van der Waals surface area (Å²) in [7, 11) is 0. The van der Waals surface area contributed by atoms with Gasteiger partial charge in [0.15, 0.2) is 5.82 Å². The third kappa shape index (κ3) is 3.45. The average molecular weight is 292 g/mol. The molecule has 0 amide bonds. The highest BCUT2D eigenvalue weighted by molar-refractivity contribution is 4.97. The molecule has 0 bridgehead atoms. The van der Waals surface area contributed by atoms with Gasteiger partial charge in [0.2, 0.25) is 5.89 Å². The summed E-state index contributed by atoms with van der Waals surface area (Å²) in [4.78, 5) is 10.9. The monoisotopic (exact) mass is 292 g/mol. The predicted octanol–water partition coefficient (Wildman–Crippen LogP) is 1.45. The maximum Gasteiger partial charge on any atom is 0.240 e. The van der Waals surface area contributed by atoms with Crippen molar-refractivity contribution in [2.45, 2.75) is 52.0 Å². The van der Waals surface area contributed by atoms with Crippen molar-refractivity contribution in [1.82, 2.24) is 30.2 Å². The molecule has 2 aromatic rings. The molecule has 1 N–H and O–H groups in total. The third-order valence-electron chi connectivity index (χ3n) is 3.51. The highest BCUT2D eigenvalue weighted by Gasteiger charge is 2.29. The van der Waals surface area contributed by atoms with Crippen molar-refractivity contribution in [2.24, 2.45) is 0 Å². The van der Waals surface area contributed by atoms with Gasteiger partial charge in [-0.3, -0.25) is 10.00 Å². The molecule has 0 unspecified atom stereocenters. The van der Waals surface area contributed by atoms with Crippen LogP contribution in [0, 0.1) is 0 Å². The minimum atomic E-state index is 0.154. The van der Waals surface area contributed by atoms with Crippen molar-refractivity contribution in [3.63, 3.8) is 0 Å². The summed E-state index contributed by atoms with van der Waals surface area (Å²) in [6.45, 7) is 5.96. The van der Waals surface area contributed by atoms with E-state index in [2.05, 4.69) is 30.2 Å². The summed E-state index contributed by atoms with van der Waals surface area (Å²) >= 11 is 0. The molecule has 0 spiro atoms. The SMILES string of the molecule is CC(C)OCc1noc(CN2CCC[C@H]2c2ncn[nH]2)n1. The average Bonchev–Trinajstić information content (AvgIpc) is 3.18. The summed E-state index contributed by atoms with van der Waals surface area (Å²) in [6, 6.07) is 0.245. The van der Waals surface area contributed by atoms with Gasteiger partial charge in [0.1, 0.15) is 18.8 Å². The summed E-state index contributed by atoms with van der Waals surface area (Å²) in [5.41, 5.74) is 0. The number of likely N-dealkylation sites (tertiary alicyclic amines) is 1. The molecule has 8 nitrogen and oxygen atoms in total. The molecule has 3 rings (SSSR count). The Labute approximate surface area is 122 Å². The first-order valence-electron chi connectivity index (χ1n) is 7.24. The van der Waals surface area contributed by atoms with Crippen molar-refractivity contribution in [2.75, 3.05) is 6.54 Å². The molecule has 21 heavy (non-hydrogen) atoms. The Morgan fingerprint density at radius 2 is 2.43 bits per heavy atom. The fourth-order valence-corrected chi connectivity index (χ4v) is 2.53. The summed E-state index contributed by atoms with van der Waals surface area (Å²) in [5, 5.41) is 10.8. The number of ether oxygens (including phenoxy) is 1. The van der Waals surface area contributed by atoms with Crippen LogP contribution in [0.2, 0.25) is 0 Å². The number of nitrogens with zero attached hydrogens (tertiary/aromatic N) is 5. The fraction of sp³-hybridized carbons (Fsp3) is 0.692. The van der Waals surface area contributed by atoms with Gasteiger partial charge in [0.25, 0.3) is 0 Å². The summed E-state index contributed by atoms with van der Waals surface area (Å²) in [6.07, 6.45) is 3.89. The molecule has 114 valence electrons. The lowest BCUT2D eigenvalue weighted by Gasteiger charge is -2.20. The van der Waals surface area contributed by atoms with Crippen LogP contribution >= 0.6 is 0 Å². The second-order valence-corrected chi connectivity index (χ2v) is 5.46. The smallest absolute Gasteiger partial charge is 0.240 e. The molecule has 2 aromatic heterocycles. The molecular weight excluding hydrogens is 272 g/mol. The van der Waals surface area contributed by atoms with Crippen LogP contribution in [-0.4, -0.2) is 42.9 Å². The first kappa shape index (κ1) is 14.2. The largest absolute Gasteiger partial charge is 0.371 e. The number of hydrogen-bond donors (Lipinski definition) is 1. The zero-order valence-electron chi connectivity index (χ0n) is 12.3. The van der Waals surface area contributed by atoms with Crippen molar-refractivity contribution in [3.8, 4) is 0 Å². The number of nitrogens with one attached hydrogen (secondary N) is 1. The lowest BCUT2D eigenvalue weighted by Crippen LogP contribution is -2.23. The van der Waals surface area contributed by atoms with Crippen LogP contribution in [0.4, 0.5) is 0 Å². The lowest BCUT2D eigenvalue weighted by atomic mass is 10.2. The normalized spacial score (nSPS) is 19.7. The van der Waals surface area contributed by atoms with Crippen molar-refractivity contribution < 1.29 is 9.26 Å². The minimum Gasteiger partial charge on any atom is -0.371 e. The van der Waals surface area contributed by atoms with Gasteiger partial charge in [-0.25, -0.2) is 4.98 Å². The Bertz CT molecular complexity index is 553. The maximum absolute atomic E-state index is 5.47. The van der Waals surface area contributed by atoms with Gasteiger partial charge in [-0.05, 0) is 33.2 Å². The van der Waals surface area contributed by atoms with E-state index in [4.69, 9.17) is 9.26 Å². The molecule has 8 heteroatoms. The van der Waals surface area contributed by atoms with Crippen LogP contribution < -0.4 is 0 Å². The predicted molar refractivity (Wildman–Crippen MR) is 73.0 cm³/mol. The van der Waals surface area contributed by atoms with E-state index < -0.39 is 0 Å². The lowest BCUT2D eigenvalue weighted by molar-refractivity contribution is 0.0601. The Morgan fingerprint density at radius 1 is 1.52 bits per heavy atom. The fourth-order valence-electron chi connectivity index (χ4n) is 2.53. The van der Waals surface area contributed by atoms with E-state index in [9.17, 15) is 0 Å². The number of aromatic amines is 1. The molecule has 0 aromatic carbocycles. The number of H-pyrrole nitrogens is 1. The Kier molecular flexibility index (Phi) is 4.26. The van der Waals surface area contributed by atoms with Gasteiger partial charge in [-0.15, -0.1) is 0 Å². The van der Waals surface area contributed by atoms with Crippen molar-refractivity contribution in [1.29, 1.82) is 0 Å². The van der Waals surface area contributed by atoms with Gasteiger partial charge in [-0.1, -0.05) is 5.16 Å². The van der Waals surface area contributed by atoms with Crippen LogP contribution in [0.1, 0.15) is 50.3 Å². The zero-order valence-corrected chi connectivity index (χ0v) is 12.3. The topological polar surface area (TPSA) is 93.0 Å². The maximum atomic E-state index is 5.47. The molecule has 1 atom stereocenters. The quantitative estimate of drug-likeness (QED) is 0.861. The van der Waals surface area contributed by atoms with E-state index in [-0.39, 0.29) is 12.1 Å². The summed E-state index contributed by atoms with van der Waals surface area (Å²) < 4.78 is 10.8. The molecule has 0 saturated carbocycles. The Hall–Kier alpha value is -1.80. The first-order valence-corrected chi connectivity index (χ1v) is 7.24. The van der Waals surface area contributed by atoms with Crippen LogP contribution in [0.25, 0.3) is 0 Å². The van der Waals surface area contributed by atoms with Crippen LogP contribution in [0.3, 0.4) is 0 Å². The molecule has 1 aliphatic heterocycles. The van der Waals surface area contributed by atoms with Gasteiger partial charge >= 0.3 is 0 Å². The van der Waals surface area contributed by atoms with E-state index in [1.165, 1.54) is 0 Å². The second-order valence-electron chi connectivity index (χ2n) is 5.46. The van der Waals surface area contributed by atoms with Crippen LogP contribution in [0.15, 0.2) is 10.9 Å². The van der Waals surface area contributed by atoms with E-state index >= 15 is 0 Å². The number of hydrogen-bond acceptors (Lipinski definition) is 7. The summed E-state index contributed by atoms with van der Waals surface area (Å²) in [5.74, 6) is 2.10. The van der Waals surface area contributed by atoms with Crippen molar-refractivity contribution >= 4 is 0 Å². The third-order valence-corrected chi connectivity index (χ3v) is 3.51. The van der Waals surface area contributed by atoms with E-state index in [0.29, 0.717) is 24.9 Å². The van der Waals surface area contributed by atoms with E-state index in [0.717, 1.165) is 25.2 Å². The Morgan fingerprint density at radius 3 is 3.19 bits per heavy atom. The standard InChI is InChI=1S/C13H20N6O2/c1-9(2)20-7-11-16-12(21-18-11)6-19-5-3-4-10(19)13-14-8-15-17-13/h8-10H,3-7H2,1-2H3,(H,14,15,17)/t10-/m0/s1.